The normalized spacial score (nSPS) is 10.2. The van der Waals surface area contributed by atoms with Crippen LogP contribution in [0.4, 0.5) is 10.1 Å². The second-order valence-electron chi connectivity index (χ2n) is 5.18. The molecule has 0 saturated heterocycles. The average Bonchev–Trinajstić information content (AvgIpc) is 2.54. The van der Waals surface area contributed by atoms with Gasteiger partial charge in [-0.25, -0.2) is 4.39 Å². The summed E-state index contributed by atoms with van der Waals surface area (Å²) in [7, 11) is 0. The first kappa shape index (κ1) is 16.7. The monoisotopic (exact) mass is 314 g/mol. The Labute approximate surface area is 134 Å². The summed E-state index contributed by atoms with van der Waals surface area (Å²) in [6, 6.07) is 13.4. The number of halogens is 1. The van der Waals surface area contributed by atoms with Crippen molar-refractivity contribution in [2.24, 2.45) is 0 Å². The molecule has 0 atom stereocenters. The van der Waals surface area contributed by atoms with Crippen LogP contribution in [-0.2, 0) is 11.3 Å². The molecule has 2 N–H and O–H groups in total. The Kier molecular flexibility index (Phi) is 5.86. The van der Waals surface area contributed by atoms with Crippen molar-refractivity contribution in [1.82, 2.24) is 5.32 Å². The number of carbonyl (C=O) groups is 2. The van der Waals surface area contributed by atoms with Crippen molar-refractivity contribution in [3.63, 3.8) is 0 Å². The molecule has 0 aliphatic rings. The highest BCUT2D eigenvalue weighted by Gasteiger charge is 2.04. The second kappa shape index (κ2) is 8.08. The van der Waals surface area contributed by atoms with Crippen molar-refractivity contribution < 1.29 is 14.0 Å². The van der Waals surface area contributed by atoms with Gasteiger partial charge < -0.3 is 10.6 Å². The van der Waals surface area contributed by atoms with Gasteiger partial charge in [0, 0.05) is 36.3 Å². The number of amides is 1. The van der Waals surface area contributed by atoms with E-state index in [1.54, 1.807) is 42.5 Å². The highest BCUT2D eigenvalue weighted by Crippen LogP contribution is 2.10. The molecule has 2 rings (SSSR count). The summed E-state index contributed by atoms with van der Waals surface area (Å²) in [5.74, 6) is -0.457. The van der Waals surface area contributed by atoms with Crippen LogP contribution in [0.25, 0.3) is 0 Å². The number of rotatable bonds is 7. The van der Waals surface area contributed by atoms with Gasteiger partial charge in [-0.2, -0.15) is 0 Å². The molecule has 0 aliphatic heterocycles. The Bertz CT molecular complexity index is 684. The number of ketones is 1. The SMILES string of the molecule is CC(=O)c1ccc(NCCC(=O)NCc2ccccc2F)cc1. The molecule has 23 heavy (non-hydrogen) atoms. The molecule has 0 heterocycles. The first-order valence-electron chi connectivity index (χ1n) is 7.41. The lowest BCUT2D eigenvalue weighted by Gasteiger charge is -2.08. The third kappa shape index (κ3) is 5.21. The van der Waals surface area contributed by atoms with Gasteiger partial charge in [-0.05, 0) is 37.3 Å². The summed E-state index contributed by atoms with van der Waals surface area (Å²) in [5.41, 5.74) is 1.96. The van der Waals surface area contributed by atoms with Crippen LogP contribution in [0, 0.1) is 5.82 Å². The Morgan fingerprint density at radius 3 is 2.39 bits per heavy atom. The first-order valence-corrected chi connectivity index (χ1v) is 7.41. The fraction of sp³-hybridized carbons (Fsp3) is 0.222. The van der Waals surface area contributed by atoms with Gasteiger partial charge in [0.1, 0.15) is 5.82 Å². The summed E-state index contributed by atoms with van der Waals surface area (Å²) in [6.45, 7) is 2.16. The summed E-state index contributed by atoms with van der Waals surface area (Å²) in [4.78, 5) is 22.9. The van der Waals surface area contributed by atoms with Crippen molar-refractivity contribution >= 4 is 17.4 Å². The first-order chi connectivity index (χ1) is 11.1. The number of hydrogen-bond donors (Lipinski definition) is 2. The zero-order valence-electron chi connectivity index (χ0n) is 12.9. The molecule has 0 bridgehead atoms. The molecule has 4 nitrogen and oxygen atoms in total. The van der Waals surface area contributed by atoms with E-state index in [-0.39, 0.29) is 30.5 Å². The minimum absolute atomic E-state index is 0.0177. The van der Waals surface area contributed by atoms with Crippen LogP contribution in [0.3, 0.4) is 0 Å². The maximum atomic E-state index is 13.4. The van der Waals surface area contributed by atoms with E-state index in [0.717, 1.165) is 5.69 Å². The fourth-order valence-electron chi connectivity index (χ4n) is 2.07. The quantitative estimate of drug-likeness (QED) is 0.772. The molecule has 1 amide bonds. The van der Waals surface area contributed by atoms with E-state index in [2.05, 4.69) is 10.6 Å². The predicted octanol–water partition coefficient (Wildman–Crippen LogP) is 3.15. The Morgan fingerprint density at radius 2 is 1.74 bits per heavy atom. The van der Waals surface area contributed by atoms with Gasteiger partial charge in [0.05, 0.1) is 0 Å². The molecule has 0 unspecified atom stereocenters. The molecule has 0 spiro atoms. The van der Waals surface area contributed by atoms with Crippen LogP contribution >= 0.6 is 0 Å². The second-order valence-corrected chi connectivity index (χ2v) is 5.18. The number of benzene rings is 2. The van der Waals surface area contributed by atoms with E-state index in [1.807, 2.05) is 0 Å². The summed E-state index contributed by atoms with van der Waals surface area (Å²) < 4.78 is 13.4. The standard InChI is InChI=1S/C18H19FN2O2/c1-13(22)14-6-8-16(9-7-14)20-11-10-18(23)21-12-15-4-2-3-5-17(15)19/h2-9,20H,10-12H2,1H3,(H,21,23). The van der Waals surface area contributed by atoms with Crippen molar-refractivity contribution in [2.75, 3.05) is 11.9 Å². The lowest BCUT2D eigenvalue weighted by Crippen LogP contribution is -2.25. The molecule has 0 aromatic heterocycles. The predicted molar refractivity (Wildman–Crippen MR) is 87.8 cm³/mol. The van der Waals surface area contributed by atoms with E-state index < -0.39 is 0 Å². The van der Waals surface area contributed by atoms with E-state index in [4.69, 9.17) is 0 Å². The maximum absolute atomic E-state index is 13.4. The van der Waals surface area contributed by atoms with Crippen LogP contribution in [-0.4, -0.2) is 18.2 Å². The number of carbonyl (C=O) groups excluding carboxylic acids is 2. The molecule has 5 heteroatoms. The smallest absolute Gasteiger partial charge is 0.222 e. The van der Waals surface area contributed by atoms with Gasteiger partial charge in [0.2, 0.25) is 5.91 Å². The number of Topliss-reactive ketones (excluding diaryl/α,β-unsaturated/α-hetero) is 1. The van der Waals surface area contributed by atoms with Crippen molar-refractivity contribution in [3.8, 4) is 0 Å². The van der Waals surface area contributed by atoms with Crippen molar-refractivity contribution in [1.29, 1.82) is 0 Å². The van der Waals surface area contributed by atoms with Gasteiger partial charge in [-0.3, -0.25) is 9.59 Å². The van der Waals surface area contributed by atoms with Crippen LogP contribution in [0.5, 0.6) is 0 Å². The van der Waals surface area contributed by atoms with E-state index >= 15 is 0 Å². The highest BCUT2D eigenvalue weighted by molar-refractivity contribution is 5.94. The van der Waals surface area contributed by atoms with Gasteiger partial charge in [-0.1, -0.05) is 18.2 Å². The van der Waals surface area contributed by atoms with Crippen LogP contribution < -0.4 is 10.6 Å². The third-order valence-electron chi connectivity index (χ3n) is 3.41. The molecule has 2 aromatic carbocycles. The summed E-state index contributed by atoms with van der Waals surface area (Å²) in [5, 5.41) is 5.79. The zero-order valence-corrected chi connectivity index (χ0v) is 12.9. The average molecular weight is 314 g/mol. The topological polar surface area (TPSA) is 58.2 Å². The lowest BCUT2D eigenvalue weighted by molar-refractivity contribution is -0.121. The van der Waals surface area contributed by atoms with Crippen molar-refractivity contribution in [2.45, 2.75) is 19.9 Å². The highest BCUT2D eigenvalue weighted by atomic mass is 19.1. The van der Waals surface area contributed by atoms with Gasteiger partial charge in [0.25, 0.3) is 0 Å². The molecule has 0 fully saturated rings. The van der Waals surface area contributed by atoms with E-state index in [9.17, 15) is 14.0 Å². The zero-order chi connectivity index (χ0) is 16.7. The number of nitrogens with one attached hydrogen (secondary N) is 2. The maximum Gasteiger partial charge on any atom is 0.222 e. The van der Waals surface area contributed by atoms with Crippen LogP contribution in [0.15, 0.2) is 48.5 Å². The molecule has 0 saturated carbocycles. The molecular formula is C18H19FN2O2. The minimum Gasteiger partial charge on any atom is -0.385 e. The van der Waals surface area contributed by atoms with Gasteiger partial charge in [0.15, 0.2) is 5.78 Å². The number of hydrogen-bond acceptors (Lipinski definition) is 3. The Morgan fingerprint density at radius 1 is 1.04 bits per heavy atom. The Hall–Kier alpha value is -2.69. The molecule has 120 valence electrons. The molecule has 0 aliphatic carbocycles. The number of anilines is 1. The van der Waals surface area contributed by atoms with Crippen molar-refractivity contribution in [3.05, 3.63) is 65.5 Å². The minimum atomic E-state index is -0.323. The Balaban J connectivity index is 1.72. The van der Waals surface area contributed by atoms with E-state index in [0.29, 0.717) is 17.7 Å². The third-order valence-corrected chi connectivity index (χ3v) is 3.41. The van der Waals surface area contributed by atoms with Gasteiger partial charge >= 0.3 is 0 Å². The van der Waals surface area contributed by atoms with Crippen LogP contribution in [0.1, 0.15) is 29.3 Å². The fourth-order valence-corrected chi connectivity index (χ4v) is 2.07. The summed E-state index contributed by atoms with van der Waals surface area (Å²) in [6.07, 6.45) is 0.281. The largest absolute Gasteiger partial charge is 0.385 e. The molecule has 0 radical (unpaired) electrons. The molecule has 2 aromatic rings. The van der Waals surface area contributed by atoms with E-state index in [1.165, 1.54) is 13.0 Å². The van der Waals surface area contributed by atoms with Crippen LogP contribution in [0.2, 0.25) is 0 Å². The molecular weight excluding hydrogens is 295 g/mol. The van der Waals surface area contributed by atoms with Gasteiger partial charge in [-0.15, -0.1) is 0 Å². The summed E-state index contributed by atoms with van der Waals surface area (Å²) >= 11 is 0. The lowest BCUT2D eigenvalue weighted by atomic mass is 10.1.